The molecule has 0 spiro atoms. The Morgan fingerprint density at radius 3 is 2.39 bits per heavy atom. The Kier molecular flexibility index (Phi) is 8.15. The summed E-state index contributed by atoms with van der Waals surface area (Å²) in [7, 11) is 0. The van der Waals surface area contributed by atoms with E-state index in [4.69, 9.17) is 5.73 Å². The maximum Gasteiger partial charge on any atom is 0.416 e. The van der Waals surface area contributed by atoms with Crippen molar-refractivity contribution >= 4 is 33.0 Å². The molecule has 0 aliphatic heterocycles. The third-order valence-electron chi connectivity index (χ3n) is 4.29. The molecule has 0 saturated heterocycles. The first-order chi connectivity index (χ1) is 13.2. The number of halogens is 4. The van der Waals surface area contributed by atoms with Gasteiger partial charge >= 0.3 is 6.18 Å². The van der Waals surface area contributed by atoms with E-state index in [0.717, 1.165) is 41.3 Å². The van der Waals surface area contributed by atoms with Crippen LogP contribution in [0.1, 0.15) is 23.1 Å². The summed E-state index contributed by atoms with van der Waals surface area (Å²) in [5.74, 6) is 0. The van der Waals surface area contributed by atoms with Crippen LogP contribution in [-0.2, 0) is 6.18 Å². The van der Waals surface area contributed by atoms with Gasteiger partial charge in [0.1, 0.15) is 0 Å². The molecule has 0 saturated carbocycles. The Hall–Kier alpha value is -1.77. The average Bonchev–Trinajstić information content (AvgIpc) is 2.62. The van der Waals surface area contributed by atoms with E-state index in [9.17, 15) is 13.2 Å². The Balaban J connectivity index is 2.27. The first kappa shape index (κ1) is 22.5. The maximum absolute atomic E-state index is 13.3. The molecule has 0 amide bonds. The largest absolute Gasteiger partial charge is 0.416 e. The second-order valence-corrected chi connectivity index (χ2v) is 7.53. The van der Waals surface area contributed by atoms with Gasteiger partial charge in [-0.25, -0.2) is 0 Å². The van der Waals surface area contributed by atoms with Crippen LogP contribution in [0.25, 0.3) is 0 Å². The molecule has 2 aromatic carbocycles. The van der Waals surface area contributed by atoms with Crippen LogP contribution in [0.15, 0.2) is 34.8 Å². The minimum atomic E-state index is -4.39. The molecule has 5 N–H and O–H groups in total. The van der Waals surface area contributed by atoms with E-state index in [0.29, 0.717) is 30.0 Å². The molecule has 0 aromatic heterocycles. The molecular weight excluding hydrogens is 433 g/mol. The topological polar surface area (TPSA) is 62.1 Å². The van der Waals surface area contributed by atoms with Crippen molar-refractivity contribution < 1.29 is 13.2 Å². The zero-order valence-corrected chi connectivity index (χ0v) is 17.6. The molecule has 0 aliphatic carbocycles. The maximum atomic E-state index is 13.3. The molecule has 0 fully saturated rings. The molecule has 0 unspecified atom stereocenters. The van der Waals surface area contributed by atoms with E-state index in [1.165, 1.54) is 6.07 Å². The number of aryl methyl sites for hydroxylation is 2. The number of alkyl halides is 3. The number of nitrogens with two attached hydrogens (primary N) is 1. The van der Waals surface area contributed by atoms with Crippen molar-refractivity contribution in [2.75, 3.05) is 36.8 Å². The fourth-order valence-electron chi connectivity index (χ4n) is 2.78. The molecule has 8 heteroatoms. The highest BCUT2D eigenvalue weighted by Crippen LogP contribution is 2.38. The van der Waals surface area contributed by atoms with Crippen LogP contribution < -0.4 is 21.7 Å². The fourth-order valence-corrected chi connectivity index (χ4v) is 3.14. The summed E-state index contributed by atoms with van der Waals surface area (Å²) < 4.78 is 40.7. The number of nitrogens with one attached hydrogen (secondary N) is 3. The minimum absolute atomic E-state index is 0.436. The molecule has 0 bridgehead atoms. The third-order valence-corrected chi connectivity index (χ3v) is 4.78. The Morgan fingerprint density at radius 1 is 0.964 bits per heavy atom. The molecule has 0 radical (unpaired) electrons. The van der Waals surface area contributed by atoms with Crippen LogP contribution >= 0.6 is 15.9 Å². The van der Waals surface area contributed by atoms with Crippen molar-refractivity contribution in [1.82, 2.24) is 5.32 Å². The summed E-state index contributed by atoms with van der Waals surface area (Å²) >= 11 is 3.44. The second-order valence-electron chi connectivity index (χ2n) is 6.62. The first-order valence-corrected chi connectivity index (χ1v) is 9.91. The SMILES string of the molecule is Cc1ccc(Br)cc1Nc1c(C)cc(C(F)(F)F)cc1NCCCNCCN. The highest BCUT2D eigenvalue weighted by Gasteiger charge is 2.32. The molecule has 154 valence electrons. The summed E-state index contributed by atoms with van der Waals surface area (Å²) in [4.78, 5) is 0. The Bertz CT molecular complexity index is 794. The van der Waals surface area contributed by atoms with Gasteiger partial charge in [0.15, 0.2) is 0 Å². The van der Waals surface area contributed by atoms with Crippen molar-refractivity contribution in [1.29, 1.82) is 0 Å². The number of hydrogen-bond acceptors (Lipinski definition) is 4. The Labute approximate surface area is 172 Å². The summed E-state index contributed by atoms with van der Waals surface area (Å²) in [6.07, 6.45) is -3.63. The van der Waals surface area contributed by atoms with Crippen molar-refractivity contribution in [2.45, 2.75) is 26.4 Å². The smallest absolute Gasteiger partial charge is 0.383 e. The van der Waals surface area contributed by atoms with Crippen LogP contribution in [0.4, 0.5) is 30.2 Å². The number of benzene rings is 2. The molecule has 2 rings (SSSR count). The molecular formula is C20H26BrF3N4. The van der Waals surface area contributed by atoms with Gasteiger partial charge in [0.25, 0.3) is 0 Å². The van der Waals surface area contributed by atoms with Crippen LogP contribution in [0.2, 0.25) is 0 Å². The van der Waals surface area contributed by atoms with Gasteiger partial charge in [0.2, 0.25) is 0 Å². The highest BCUT2D eigenvalue weighted by atomic mass is 79.9. The van der Waals surface area contributed by atoms with Crippen LogP contribution in [0, 0.1) is 13.8 Å². The quantitative estimate of drug-likeness (QED) is 0.391. The summed E-state index contributed by atoms with van der Waals surface area (Å²) in [6, 6.07) is 8.11. The molecule has 0 heterocycles. The van der Waals surface area contributed by atoms with Crippen molar-refractivity contribution in [3.63, 3.8) is 0 Å². The number of hydrogen-bond donors (Lipinski definition) is 4. The molecule has 0 aliphatic rings. The zero-order chi connectivity index (χ0) is 20.7. The fraction of sp³-hybridized carbons (Fsp3) is 0.400. The van der Waals surface area contributed by atoms with E-state index in [1.807, 2.05) is 25.1 Å². The van der Waals surface area contributed by atoms with Crippen molar-refractivity contribution in [3.8, 4) is 0 Å². The van der Waals surface area contributed by atoms with Gasteiger partial charge in [-0.2, -0.15) is 13.2 Å². The standard InChI is InChI=1S/C20H26BrF3N4/c1-13-4-5-16(21)12-17(13)28-19-14(2)10-15(20(22,23)24)11-18(19)27-8-3-7-26-9-6-25/h4-5,10-12,26-28H,3,6-9,25H2,1-2H3. The molecule has 0 atom stereocenters. The molecule has 4 nitrogen and oxygen atoms in total. The lowest BCUT2D eigenvalue weighted by Crippen LogP contribution is -2.24. The van der Waals surface area contributed by atoms with Crippen molar-refractivity contribution in [3.05, 3.63) is 51.5 Å². The Morgan fingerprint density at radius 2 is 1.71 bits per heavy atom. The predicted octanol–water partition coefficient (Wildman–Crippen LogP) is 5.18. The normalized spacial score (nSPS) is 11.5. The van der Waals surface area contributed by atoms with Gasteiger partial charge in [-0.3, -0.25) is 0 Å². The van der Waals surface area contributed by atoms with E-state index in [2.05, 4.69) is 31.9 Å². The van der Waals surface area contributed by atoms with Crippen molar-refractivity contribution in [2.24, 2.45) is 5.73 Å². The lowest BCUT2D eigenvalue weighted by molar-refractivity contribution is -0.137. The lowest BCUT2D eigenvalue weighted by Gasteiger charge is -2.20. The first-order valence-electron chi connectivity index (χ1n) is 9.12. The molecule has 28 heavy (non-hydrogen) atoms. The highest BCUT2D eigenvalue weighted by molar-refractivity contribution is 9.10. The van der Waals surface area contributed by atoms with Gasteiger partial charge in [0.05, 0.1) is 16.9 Å². The van der Waals surface area contributed by atoms with Gasteiger partial charge in [-0.15, -0.1) is 0 Å². The van der Waals surface area contributed by atoms with E-state index >= 15 is 0 Å². The molecule has 2 aromatic rings. The average molecular weight is 459 g/mol. The number of anilines is 3. The summed E-state index contributed by atoms with van der Waals surface area (Å²) in [5, 5.41) is 9.62. The van der Waals surface area contributed by atoms with Crippen LogP contribution in [0.3, 0.4) is 0 Å². The lowest BCUT2D eigenvalue weighted by atomic mass is 10.1. The second kappa shape index (κ2) is 10.1. The van der Waals surface area contributed by atoms with Gasteiger partial charge in [-0.1, -0.05) is 22.0 Å². The predicted molar refractivity (Wildman–Crippen MR) is 113 cm³/mol. The van der Waals surface area contributed by atoms with E-state index in [-0.39, 0.29) is 0 Å². The van der Waals surface area contributed by atoms with Crippen LogP contribution in [-0.4, -0.2) is 26.2 Å². The van der Waals surface area contributed by atoms with E-state index in [1.54, 1.807) is 6.92 Å². The monoisotopic (exact) mass is 458 g/mol. The van der Waals surface area contributed by atoms with Gasteiger partial charge < -0.3 is 21.7 Å². The van der Waals surface area contributed by atoms with Gasteiger partial charge in [0, 0.05) is 29.8 Å². The number of rotatable bonds is 9. The van der Waals surface area contributed by atoms with Gasteiger partial charge in [-0.05, 0) is 62.2 Å². The minimum Gasteiger partial charge on any atom is -0.383 e. The summed E-state index contributed by atoms with van der Waals surface area (Å²) in [5.41, 5.74) is 8.21. The summed E-state index contributed by atoms with van der Waals surface area (Å²) in [6.45, 7) is 6.20. The van der Waals surface area contributed by atoms with E-state index < -0.39 is 11.7 Å². The van der Waals surface area contributed by atoms with Crippen LogP contribution in [0.5, 0.6) is 0 Å². The third kappa shape index (κ3) is 6.39. The zero-order valence-electron chi connectivity index (χ0n) is 16.0.